The van der Waals surface area contributed by atoms with Gasteiger partial charge >= 0.3 is 0 Å². The maximum absolute atomic E-state index is 13.0. The van der Waals surface area contributed by atoms with Crippen molar-refractivity contribution >= 4 is 5.91 Å². The van der Waals surface area contributed by atoms with E-state index in [2.05, 4.69) is 25.7 Å². The fraction of sp³-hybridized carbons (Fsp3) is 0.182. The molecule has 158 valence electrons. The lowest BCUT2D eigenvalue weighted by Gasteiger charge is -2.15. The number of methoxy groups -OCH3 is 2. The van der Waals surface area contributed by atoms with Crippen molar-refractivity contribution in [3.05, 3.63) is 77.5 Å². The summed E-state index contributed by atoms with van der Waals surface area (Å²) in [4.78, 5) is 17.3. The van der Waals surface area contributed by atoms with Crippen LogP contribution < -0.4 is 14.8 Å². The zero-order valence-electron chi connectivity index (χ0n) is 17.2. The lowest BCUT2D eigenvalue weighted by atomic mass is 10.1. The van der Waals surface area contributed by atoms with Gasteiger partial charge in [0.1, 0.15) is 23.4 Å². The molecule has 0 aliphatic rings. The second kappa shape index (κ2) is 8.70. The van der Waals surface area contributed by atoms with Crippen molar-refractivity contribution in [3.63, 3.8) is 0 Å². The summed E-state index contributed by atoms with van der Waals surface area (Å²) in [6.07, 6.45) is 0. The van der Waals surface area contributed by atoms with Gasteiger partial charge in [-0.3, -0.25) is 9.89 Å². The number of carbonyl (C=O) groups is 1. The number of rotatable bonds is 7. The van der Waals surface area contributed by atoms with Crippen molar-refractivity contribution in [2.75, 3.05) is 14.2 Å². The number of carbonyl (C=O) groups excluding carboxylic acids is 1. The van der Waals surface area contributed by atoms with Crippen LogP contribution in [0.5, 0.6) is 11.5 Å². The fourth-order valence-corrected chi connectivity index (χ4v) is 3.15. The van der Waals surface area contributed by atoms with Crippen LogP contribution in [0.3, 0.4) is 0 Å². The number of ether oxygens (including phenoxy) is 2. The second-order valence-electron chi connectivity index (χ2n) is 6.74. The van der Waals surface area contributed by atoms with Crippen LogP contribution in [-0.4, -0.2) is 40.5 Å². The Bertz CT molecular complexity index is 1190. The van der Waals surface area contributed by atoms with Crippen LogP contribution in [0.15, 0.2) is 59.1 Å². The van der Waals surface area contributed by atoms with Crippen molar-refractivity contribution in [1.29, 1.82) is 0 Å². The number of aromatic nitrogens is 4. The van der Waals surface area contributed by atoms with E-state index in [0.29, 0.717) is 34.5 Å². The first kappa shape index (κ1) is 20.1. The van der Waals surface area contributed by atoms with Gasteiger partial charge in [-0.2, -0.15) is 5.10 Å². The Morgan fingerprint density at radius 3 is 2.58 bits per heavy atom. The molecule has 0 aliphatic carbocycles. The third-order valence-corrected chi connectivity index (χ3v) is 4.70. The van der Waals surface area contributed by atoms with E-state index in [1.807, 2.05) is 30.3 Å². The molecule has 9 nitrogen and oxygen atoms in total. The standard InChI is InChI=1S/C22H21N5O4/c1-13-23-21(26-25-13)20(14-7-5-4-6-8-14)24-22(28)17-12-19(31-27-17)16-11-15(29-2)9-10-18(16)30-3/h4-12,20H,1-3H3,(H,24,28)(H,23,25,26). The Morgan fingerprint density at radius 1 is 1.10 bits per heavy atom. The molecule has 0 spiro atoms. The van der Waals surface area contributed by atoms with Gasteiger partial charge in [0, 0.05) is 6.07 Å². The fourth-order valence-electron chi connectivity index (χ4n) is 3.15. The van der Waals surface area contributed by atoms with Gasteiger partial charge in [0.15, 0.2) is 17.3 Å². The van der Waals surface area contributed by atoms with Gasteiger partial charge in [0.25, 0.3) is 5.91 Å². The predicted octanol–water partition coefficient (Wildman–Crippen LogP) is 3.30. The van der Waals surface area contributed by atoms with E-state index in [1.54, 1.807) is 45.4 Å². The van der Waals surface area contributed by atoms with Crippen LogP contribution in [0.4, 0.5) is 0 Å². The first-order valence-corrected chi connectivity index (χ1v) is 9.53. The summed E-state index contributed by atoms with van der Waals surface area (Å²) in [7, 11) is 3.12. The molecule has 9 heteroatoms. The van der Waals surface area contributed by atoms with Crippen LogP contribution in [0, 0.1) is 6.92 Å². The zero-order valence-corrected chi connectivity index (χ0v) is 17.2. The van der Waals surface area contributed by atoms with Crippen LogP contribution in [-0.2, 0) is 0 Å². The SMILES string of the molecule is COc1ccc(OC)c(-c2cc(C(=O)NC(c3ccccc3)c3n[nH]c(C)n3)no2)c1. The Balaban J connectivity index is 1.62. The molecular formula is C22H21N5O4. The van der Waals surface area contributed by atoms with E-state index >= 15 is 0 Å². The molecule has 2 N–H and O–H groups in total. The summed E-state index contributed by atoms with van der Waals surface area (Å²) in [6.45, 7) is 1.80. The van der Waals surface area contributed by atoms with Gasteiger partial charge in [-0.15, -0.1) is 0 Å². The van der Waals surface area contributed by atoms with E-state index in [1.165, 1.54) is 0 Å². The molecular weight excluding hydrogens is 398 g/mol. The highest BCUT2D eigenvalue weighted by atomic mass is 16.5. The molecule has 0 fully saturated rings. The first-order chi connectivity index (χ1) is 15.1. The molecule has 0 saturated carbocycles. The first-order valence-electron chi connectivity index (χ1n) is 9.53. The highest BCUT2D eigenvalue weighted by Crippen LogP contribution is 2.34. The quantitative estimate of drug-likeness (QED) is 0.472. The Kier molecular flexibility index (Phi) is 5.65. The minimum absolute atomic E-state index is 0.119. The molecule has 0 aliphatic heterocycles. The molecule has 31 heavy (non-hydrogen) atoms. The summed E-state index contributed by atoms with van der Waals surface area (Å²) in [5, 5.41) is 13.9. The van der Waals surface area contributed by atoms with Crippen LogP contribution >= 0.6 is 0 Å². The maximum Gasteiger partial charge on any atom is 0.274 e. The van der Waals surface area contributed by atoms with E-state index in [4.69, 9.17) is 14.0 Å². The summed E-state index contributed by atoms with van der Waals surface area (Å²) < 4.78 is 16.1. The van der Waals surface area contributed by atoms with Gasteiger partial charge in [0.2, 0.25) is 0 Å². The number of hydrogen-bond acceptors (Lipinski definition) is 7. The lowest BCUT2D eigenvalue weighted by Crippen LogP contribution is -2.30. The third-order valence-electron chi connectivity index (χ3n) is 4.70. The summed E-state index contributed by atoms with van der Waals surface area (Å²) >= 11 is 0. The summed E-state index contributed by atoms with van der Waals surface area (Å²) in [5.74, 6) is 2.26. The highest BCUT2D eigenvalue weighted by Gasteiger charge is 2.24. The van der Waals surface area contributed by atoms with Crippen molar-refractivity contribution in [1.82, 2.24) is 25.7 Å². The number of nitrogens with one attached hydrogen (secondary N) is 2. The van der Waals surface area contributed by atoms with Gasteiger partial charge in [-0.05, 0) is 30.7 Å². The van der Waals surface area contributed by atoms with E-state index in [-0.39, 0.29) is 5.69 Å². The summed E-state index contributed by atoms with van der Waals surface area (Å²) in [5.41, 5.74) is 1.58. The zero-order chi connectivity index (χ0) is 21.8. The van der Waals surface area contributed by atoms with Gasteiger partial charge in [0.05, 0.1) is 19.8 Å². The predicted molar refractivity (Wildman–Crippen MR) is 112 cm³/mol. The average molecular weight is 419 g/mol. The Morgan fingerprint density at radius 2 is 1.90 bits per heavy atom. The Labute approximate surface area is 178 Å². The van der Waals surface area contributed by atoms with Gasteiger partial charge in [-0.1, -0.05) is 35.5 Å². The van der Waals surface area contributed by atoms with Crippen LogP contribution in [0.2, 0.25) is 0 Å². The minimum Gasteiger partial charge on any atom is -0.497 e. The maximum atomic E-state index is 13.0. The molecule has 0 bridgehead atoms. The molecule has 1 unspecified atom stereocenters. The van der Waals surface area contributed by atoms with Crippen molar-refractivity contribution < 1.29 is 18.8 Å². The highest BCUT2D eigenvalue weighted by molar-refractivity contribution is 5.93. The molecule has 0 saturated heterocycles. The van der Waals surface area contributed by atoms with E-state index in [9.17, 15) is 4.79 Å². The molecule has 4 rings (SSSR count). The normalized spacial score (nSPS) is 11.7. The van der Waals surface area contributed by atoms with Crippen LogP contribution in [0.25, 0.3) is 11.3 Å². The topological polar surface area (TPSA) is 115 Å². The smallest absolute Gasteiger partial charge is 0.274 e. The minimum atomic E-state index is -0.551. The number of amides is 1. The number of H-pyrrole nitrogens is 1. The van der Waals surface area contributed by atoms with Crippen LogP contribution in [0.1, 0.15) is 33.7 Å². The summed E-state index contributed by atoms with van der Waals surface area (Å²) in [6, 6.07) is 15.7. The molecule has 0 radical (unpaired) electrons. The van der Waals surface area contributed by atoms with Crippen molar-refractivity contribution in [3.8, 4) is 22.8 Å². The largest absolute Gasteiger partial charge is 0.497 e. The number of aryl methyl sites for hydroxylation is 1. The molecule has 2 aromatic heterocycles. The molecule has 1 amide bonds. The Hall–Kier alpha value is -4.14. The van der Waals surface area contributed by atoms with E-state index < -0.39 is 11.9 Å². The van der Waals surface area contributed by atoms with Crippen molar-refractivity contribution in [2.45, 2.75) is 13.0 Å². The average Bonchev–Trinajstić information content (AvgIpc) is 3.47. The molecule has 2 heterocycles. The monoisotopic (exact) mass is 419 g/mol. The number of hydrogen-bond donors (Lipinski definition) is 2. The number of benzene rings is 2. The van der Waals surface area contributed by atoms with Crippen molar-refractivity contribution in [2.24, 2.45) is 0 Å². The lowest BCUT2D eigenvalue weighted by molar-refractivity contribution is 0.0932. The van der Waals surface area contributed by atoms with E-state index in [0.717, 1.165) is 5.56 Å². The molecule has 4 aromatic rings. The molecule has 1 atom stereocenters. The molecule has 2 aromatic carbocycles. The number of aromatic amines is 1. The number of nitrogens with zero attached hydrogens (tertiary/aromatic N) is 3. The third kappa shape index (κ3) is 4.25. The van der Waals surface area contributed by atoms with Gasteiger partial charge in [-0.25, -0.2) is 4.98 Å². The second-order valence-corrected chi connectivity index (χ2v) is 6.74. The van der Waals surface area contributed by atoms with Gasteiger partial charge < -0.3 is 19.3 Å².